The Labute approximate surface area is 154 Å². The maximum atomic E-state index is 13.0. The predicted molar refractivity (Wildman–Crippen MR) is 95.2 cm³/mol. The van der Waals surface area contributed by atoms with E-state index in [0.29, 0.717) is 29.3 Å². The number of halogens is 3. The molecule has 144 valence electrons. The second-order valence-corrected chi connectivity index (χ2v) is 6.90. The number of aryl methyl sites for hydroxylation is 1. The average molecular weight is 389 g/mol. The van der Waals surface area contributed by atoms with Crippen molar-refractivity contribution in [2.75, 3.05) is 19.5 Å². The first kappa shape index (κ1) is 20.6. The average Bonchev–Trinajstić information content (AvgIpc) is 2.90. The molecule has 0 bridgehead atoms. The van der Waals surface area contributed by atoms with Gasteiger partial charge < -0.3 is 14.6 Å². The summed E-state index contributed by atoms with van der Waals surface area (Å²) in [5, 5.41) is 3.33. The molecular weight excluding hydrogens is 367 g/mol. The van der Waals surface area contributed by atoms with Gasteiger partial charge in [0, 0.05) is 19.7 Å². The number of hydrogen-bond donors (Lipinski definition) is 1. The van der Waals surface area contributed by atoms with E-state index < -0.39 is 11.7 Å². The molecule has 9 heteroatoms. The van der Waals surface area contributed by atoms with Crippen LogP contribution in [0.3, 0.4) is 0 Å². The number of hydrogen-bond acceptors (Lipinski definition) is 4. The number of thioether (sulfide) groups is 1. The summed E-state index contributed by atoms with van der Waals surface area (Å²) < 4.78 is 45.6. The Morgan fingerprint density at radius 1 is 1.42 bits per heavy atom. The first-order valence-electron chi connectivity index (χ1n) is 8.24. The summed E-state index contributed by atoms with van der Waals surface area (Å²) in [4.78, 5) is 16.4. The first-order valence-corrected chi connectivity index (χ1v) is 9.23. The van der Waals surface area contributed by atoms with Gasteiger partial charge in [0.1, 0.15) is 0 Å². The molecule has 2 rings (SSSR count). The monoisotopic (exact) mass is 389 g/mol. The van der Waals surface area contributed by atoms with Gasteiger partial charge in [-0.05, 0) is 31.5 Å². The van der Waals surface area contributed by atoms with Gasteiger partial charge in [0.2, 0.25) is 5.91 Å². The lowest BCUT2D eigenvalue weighted by molar-refractivity contribution is -0.137. The van der Waals surface area contributed by atoms with E-state index in [0.717, 1.165) is 18.6 Å². The largest absolute Gasteiger partial charge is 0.416 e. The molecule has 0 aliphatic carbocycles. The molecule has 0 aliphatic rings. The minimum absolute atomic E-state index is 0.114. The minimum atomic E-state index is -4.40. The molecule has 1 unspecified atom stereocenters. The summed E-state index contributed by atoms with van der Waals surface area (Å²) in [5.41, 5.74) is 0.212. The molecule has 1 aromatic heterocycles. The Balaban J connectivity index is 2.21. The van der Waals surface area contributed by atoms with Gasteiger partial charge in [0.25, 0.3) is 0 Å². The van der Waals surface area contributed by atoms with Crippen LogP contribution in [-0.4, -0.2) is 41.0 Å². The third-order valence-corrected chi connectivity index (χ3v) is 4.62. The molecule has 1 amide bonds. The molecule has 0 fully saturated rings. The molecule has 0 saturated heterocycles. The van der Waals surface area contributed by atoms with Crippen molar-refractivity contribution >= 4 is 28.7 Å². The number of amides is 1. The van der Waals surface area contributed by atoms with Gasteiger partial charge in [0.15, 0.2) is 5.16 Å². The normalized spacial score (nSPS) is 13.2. The smallest absolute Gasteiger partial charge is 0.383 e. The number of aromatic nitrogens is 2. The fourth-order valence-corrected chi connectivity index (χ4v) is 3.42. The number of carbonyl (C=O) groups excluding carboxylic acids is 1. The van der Waals surface area contributed by atoms with Crippen LogP contribution in [0.15, 0.2) is 23.4 Å². The molecule has 5 nitrogen and oxygen atoms in total. The fourth-order valence-electron chi connectivity index (χ4n) is 2.57. The van der Waals surface area contributed by atoms with E-state index in [2.05, 4.69) is 10.3 Å². The number of alkyl halides is 3. The SMILES string of the molecule is CCCn1c(SCC(=O)NC(C)COC)nc2ccc(C(F)(F)F)cc21. The number of rotatable bonds is 8. The molecule has 0 radical (unpaired) electrons. The van der Waals surface area contributed by atoms with Crippen LogP contribution in [0.4, 0.5) is 13.2 Å². The third kappa shape index (κ3) is 5.14. The van der Waals surface area contributed by atoms with Gasteiger partial charge in [-0.1, -0.05) is 18.7 Å². The van der Waals surface area contributed by atoms with E-state index in [-0.39, 0.29) is 17.7 Å². The van der Waals surface area contributed by atoms with Crippen LogP contribution in [-0.2, 0) is 22.3 Å². The summed E-state index contributed by atoms with van der Waals surface area (Å²) >= 11 is 1.21. The van der Waals surface area contributed by atoms with Crippen molar-refractivity contribution in [3.05, 3.63) is 23.8 Å². The fraction of sp³-hybridized carbons (Fsp3) is 0.529. The zero-order chi connectivity index (χ0) is 19.3. The van der Waals surface area contributed by atoms with Crippen molar-refractivity contribution in [2.45, 2.75) is 44.2 Å². The molecular formula is C17H22F3N3O2S. The standard InChI is InChI=1S/C17H22F3N3O2S/c1-4-7-23-14-8-12(17(18,19)20)5-6-13(14)22-16(23)26-10-15(24)21-11(2)9-25-3/h5-6,8,11H,4,7,9-10H2,1-3H3,(H,21,24). The van der Waals surface area contributed by atoms with Gasteiger partial charge in [-0.3, -0.25) is 4.79 Å². The summed E-state index contributed by atoms with van der Waals surface area (Å²) in [6, 6.07) is 3.40. The van der Waals surface area contributed by atoms with Gasteiger partial charge in [-0.15, -0.1) is 0 Å². The number of ether oxygens (including phenoxy) is 1. The van der Waals surface area contributed by atoms with Crippen LogP contribution in [0.5, 0.6) is 0 Å². The van der Waals surface area contributed by atoms with E-state index in [9.17, 15) is 18.0 Å². The second-order valence-electron chi connectivity index (χ2n) is 5.96. The van der Waals surface area contributed by atoms with Crippen LogP contribution < -0.4 is 5.32 Å². The van der Waals surface area contributed by atoms with Crippen molar-refractivity contribution in [2.24, 2.45) is 0 Å². The number of carbonyl (C=O) groups is 1. The Hall–Kier alpha value is -1.74. The quantitative estimate of drug-likeness (QED) is 0.700. The molecule has 1 aromatic carbocycles. The Morgan fingerprint density at radius 2 is 2.15 bits per heavy atom. The molecule has 1 heterocycles. The summed E-state index contributed by atoms with van der Waals surface area (Å²) in [5.74, 6) is -0.0432. The highest BCUT2D eigenvalue weighted by Gasteiger charge is 2.31. The van der Waals surface area contributed by atoms with Gasteiger partial charge in [-0.25, -0.2) is 4.98 Å². The lowest BCUT2D eigenvalue weighted by Crippen LogP contribution is -2.36. The number of benzene rings is 1. The Kier molecular flexibility index (Phi) is 6.94. The van der Waals surface area contributed by atoms with Gasteiger partial charge >= 0.3 is 6.18 Å². The maximum Gasteiger partial charge on any atom is 0.416 e. The van der Waals surface area contributed by atoms with Crippen molar-refractivity contribution in [1.82, 2.24) is 14.9 Å². The van der Waals surface area contributed by atoms with Crippen LogP contribution in [0.1, 0.15) is 25.8 Å². The predicted octanol–water partition coefficient (Wildman–Crippen LogP) is 3.71. The highest BCUT2D eigenvalue weighted by atomic mass is 32.2. The number of nitrogens with one attached hydrogen (secondary N) is 1. The summed E-state index contributed by atoms with van der Waals surface area (Å²) in [7, 11) is 1.56. The van der Waals surface area contributed by atoms with E-state index in [1.165, 1.54) is 17.8 Å². The second kappa shape index (κ2) is 8.77. The maximum absolute atomic E-state index is 13.0. The van der Waals surface area contributed by atoms with Gasteiger partial charge in [0.05, 0.1) is 29.0 Å². The van der Waals surface area contributed by atoms with Crippen molar-refractivity contribution < 1.29 is 22.7 Å². The molecule has 1 N–H and O–H groups in total. The van der Waals surface area contributed by atoms with E-state index in [4.69, 9.17) is 4.74 Å². The van der Waals surface area contributed by atoms with E-state index in [1.807, 2.05) is 13.8 Å². The van der Waals surface area contributed by atoms with Crippen LogP contribution in [0, 0.1) is 0 Å². The van der Waals surface area contributed by atoms with E-state index >= 15 is 0 Å². The highest BCUT2D eigenvalue weighted by Crippen LogP contribution is 2.33. The molecule has 2 aromatic rings. The van der Waals surface area contributed by atoms with Crippen molar-refractivity contribution in [3.63, 3.8) is 0 Å². The lowest BCUT2D eigenvalue weighted by Gasteiger charge is -2.13. The Bertz CT molecular complexity index is 762. The number of fused-ring (bicyclic) bond motifs is 1. The first-order chi connectivity index (χ1) is 12.3. The zero-order valence-electron chi connectivity index (χ0n) is 14.9. The molecule has 0 spiro atoms. The highest BCUT2D eigenvalue weighted by molar-refractivity contribution is 7.99. The molecule has 26 heavy (non-hydrogen) atoms. The zero-order valence-corrected chi connectivity index (χ0v) is 15.7. The van der Waals surface area contributed by atoms with Gasteiger partial charge in [-0.2, -0.15) is 13.2 Å². The summed E-state index contributed by atoms with van der Waals surface area (Å²) in [6.45, 7) is 4.71. The van der Waals surface area contributed by atoms with Crippen LogP contribution >= 0.6 is 11.8 Å². The van der Waals surface area contributed by atoms with Crippen molar-refractivity contribution in [1.29, 1.82) is 0 Å². The lowest BCUT2D eigenvalue weighted by atomic mass is 10.2. The topological polar surface area (TPSA) is 56.2 Å². The molecule has 0 aliphatic heterocycles. The minimum Gasteiger partial charge on any atom is -0.383 e. The number of methoxy groups -OCH3 is 1. The van der Waals surface area contributed by atoms with Crippen LogP contribution in [0.25, 0.3) is 11.0 Å². The third-order valence-electron chi connectivity index (χ3n) is 3.64. The number of nitrogens with zero attached hydrogens (tertiary/aromatic N) is 2. The Morgan fingerprint density at radius 3 is 2.77 bits per heavy atom. The number of imidazole rings is 1. The van der Waals surface area contributed by atoms with E-state index in [1.54, 1.807) is 11.7 Å². The van der Waals surface area contributed by atoms with Crippen molar-refractivity contribution in [3.8, 4) is 0 Å². The summed E-state index contributed by atoms with van der Waals surface area (Å²) in [6.07, 6.45) is -3.66. The molecule has 0 saturated carbocycles. The van der Waals surface area contributed by atoms with Crippen LogP contribution in [0.2, 0.25) is 0 Å². The molecule has 1 atom stereocenters.